The van der Waals surface area contributed by atoms with Crippen LogP contribution in [0.25, 0.3) is 98.4 Å². The van der Waals surface area contributed by atoms with Crippen LogP contribution in [0.3, 0.4) is 0 Å². The highest BCUT2D eigenvalue weighted by molar-refractivity contribution is 6.24. The molecule has 0 saturated heterocycles. The van der Waals surface area contributed by atoms with Gasteiger partial charge < -0.3 is 0 Å². The average Bonchev–Trinajstić information content (AvgIpc) is 3.43. The third-order valence-corrected chi connectivity index (χ3v) is 8.00. The first kappa shape index (κ1) is 11.0. The van der Waals surface area contributed by atoms with Crippen molar-refractivity contribution in [2.45, 2.75) is 0 Å². The number of hydrogen-bond donors (Lipinski definition) is 0. The highest BCUT2D eigenvalue weighted by Crippen LogP contribution is 2.47. The van der Waals surface area contributed by atoms with E-state index in [1.807, 2.05) is 0 Å². The Kier molecular flexibility index (Phi) is 2.55. The molecule has 0 heterocycles. The molecule has 0 spiro atoms. The van der Waals surface area contributed by atoms with E-state index in [1.165, 1.54) is 0 Å². The van der Waals surface area contributed by atoms with E-state index in [2.05, 4.69) is 0 Å². The third-order valence-electron chi connectivity index (χ3n) is 8.00. The lowest BCUT2D eigenvalue weighted by atomic mass is 9.83. The SMILES string of the molecule is [2H]c1c([2H])c(-c2c([2H])c([2H])c3c([2H])c([2H])c([2H])c([2H])c3c2[2H])c([2H])c(-c2c3c([2H])c([2H])c([2H])c([2H])c3c(-c3c([2H])c([2H])c([2H])c4c([2H])c([2H])c([2H])c([2H])c34)c3c([2H])c([2H])c(-c4c([2H])c([2H])c([2H])c5c([2H])c([2H])c([2H])c([2H])c45)c([2H])c23)c1[2H]. The summed E-state index contributed by atoms with van der Waals surface area (Å²) in [4.78, 5) is 0. The first-order chi connectivity index (χ1) is 38.1. The lowest BCUT2D eigenvalue weighted by molar-refractivity contribution is 1.62. The molecule has 10 rings (SSSR count). The van der Waals surface area contributed by atoms with Gasteiger partial charge in [0.1, 0.15) is 0 Å². The minimum absolute atomic E-state index is 0.628. The van der Waals surface area contributed by atoms with Gasteiger partial charge in [-0.3, -0.25) is 0 Å². The fourth-order valence-corrected chi connectivity index (χ4v) is 5.84. The van der Waals surface area contributed by atoms with Crippen molar-refractivity contribution in [3.63, 3.8) is 0 Å². The van der Waals surface area contributed by atoms with Gasteiger partial charge in [0.15, 0.2) is 0 Å². The van der Waals surface area contributed by atoms with Gasteiger partial charge in [-0.05, 0) is 116 Å². The van der Waals surface area contributed by atoms with E-state index in [-0.39, 0.29) is 0 Å². The van der Waals surface area contributed by atoms with Crippen molar-refractivity contribution >= 4 is 53.9 Å². The van der Waals surface area contributed by atoms with Gasteiger partial charge in [0, 0.05) is 0 Å². The Morgan fingerprint density at radius 3 is 1.50 bits per heavy atom. The van der Waals surface area contributed by atoms with E-state index >= 15 is 0 Å². The summed E-state index contributed by atoms with van der Waals surface area (Å²) in [5.74, 6) is 0. The molecule has 50 heavy (non-hydrogen) atoms. The van der Waals surface area contributed by atoms with Crippen molar-refractivity contribution in [2.75, 3.05) is 0 Å². The zero-order valence-electron chi connectivity index (χ0n) is 57.0. The summed E-state index contributed by atoms with van der Waals surface area (Å²) >= 11 is 0. The Bertz CT molecular complexity index is 4740. The lowest BCUT2D eigenvalue weighted by Crippen LogP contribution is -1.93. The molecule has 0 heteroatoms. The molecule has 0 nitrogen and oxygen atoms in total. The summed E-state index contributed by atoms with van der Waals surface area (Å²) in [5.41, 5.74) is -7.45. The number of hydrogen-bond acceptors (Lipinski definition) is 0. The first-order valence-electron chi connectivity index (χ1n) is 30.8. The zero-order valence-corrected chi connectivity index (χ0v) is 25.0. The lowest BCUT2D eigenvalue weighted by Gasteiger charge is -2.20. The molecule has 0 aliphatic carbocycles. The van der Waals surface area contributed by atoms with E-state index in [9.17, 15) is 19.2 Å². The quantitative estimate of drug-likeness (QED) is 0.164. The highest BCUT2D eigenvalue weighted by Gasteiger charge is 2.19. The molecular formula is C50H32. The predicted molar refractivity (Wildman–Crippen MR) is 216 cm³/mol. The van der Waals surface area contributed by atoms with E-state index in [1.54, 1.807) is 0 Å². The monoisotopic (exact) mass is 664 g/mol. The molecular weight excluding hydrogens is 601 g/mol. The highest BCUT2D eigenvalue weighted by atomic mass is 14.2. The standard InChI is InChI=1S/C50H32/c1-2-15-36-30-38(27-26-33(36)12-1)37-18-9-19-40(31-37)49-45-22-7-8-23-46(45)50(44-25-11-17-35-14-4-6-21-42(35)44)47-29-28-39(32-48(47)49)43-24-10-16-34-13-3-5-20-41(34)43/h1-32H/i1D,2D,3D,4D,5D,6D,7D,8D,9D,10D,11D,12D,13D,14D,15D,16D,17D,18D,19D,20D,21D,22D,23D,24D,25D,26D,27D,28D,29D,30D,31D,32D. The van der Waals surface area contributed by atoms with Gasteiger partial charge in [-0.1, -0.05) is 175 Å². The second-order valence-corrected chi connectivity index (χ2v) is 10.8. The molecule has 0 atom stereocenters. The molecule has 0 saturated carbocycles. The summed E-state index contributed by atoms with van der Waals surface area (Å²) in [6, 6.07) is -33.0. The van der Waals surface area contributed by atoms with Crippen molar-refractivity contribution in [2.24, 2.45) is 0 Å². The molecule has 0 fully saturated rings. The number of fused-ring (bicyclic) bond motifs is 5. The van der Waals surface area contributed by atoms with Gasteiger partial charge in [0.05, 0.1) is 43.9 Å². The molecule has 0 bridgehead atoms. The minimum Gasteiger partial charge on any atom is -0.0616 e. The minimum atomic E-state index is -1.21. The fourth-order valence-electron chi connectivity index (χ4n) is 5.84. The summed E-state index contributed by atoms with van der Waals surface area (Å²) in [5, 5.41) is -7.94. The van der Waals surface area contributed by atoms with Crippen LogP contribution in [0, 0.1) is 0 Å². The molecule has 0 aliphatic heterocycles. The maximum Gasteiger partial charge on any atom is 0.0636 e. The molecule has 232 valence electrons. The Morgan fingerprint density at radius 1 is 0.240 bits per heavy atom. The Hall–Kier alpha value is -6.50. The maximum atomic E-state index is 10.4. The molecule has 0 unspecified atom stereocenters. The van der Waals surface area contributed by atoms with E-state index in [4.69, 9.17) is 24.7 Å². The van der Waals surface area contributed by atoms with Gasteiger partial charge in [-0.2, -0.15) is 0 Å². The molecule has 0 aromatic heterocycles. The van der Waals surface area contributed by atoms with Crippen LogP contribution in [0.15, 0.2) is 193 Å². The van der Waals surface area contributed by atoms with E-state index in [0.29, 0.717) is 0 Å². The van der Waals surface area contributed by atoms with Gasteiger partial charge in [-0.25, -0.2) is 0 Å². The number of rotatable bonds is 4. The molecule has 0 amide bonds. The largest absolute Gasteiger partial charge is 0.0636 e. The van der Waals surface area contributed by atoms with Crippen LogP contribution < -0.4 is 0 Å². The maximum absolute atomic E-state index is 10.4. The van der Waals surface area contributed by atoms with Crippen LogP contribution in [-0.4, -0.2) is 0 Å². The molecule has 0 radical (unpaired) electrons. The molecule has 0 N–H and O–H groups in total. The predicted octanol–water partition coefficient (Wildman–Crippen LogP) is 14.1. The van der Waals surface area contributed by atoms with Crippen LogP contribution in [0.5, 0.6) is 0 Å². The second-order valence-electron chi connectivity index (χ2n) is 10.8. The summed E-state index contributed by atoms with van der Waals surface area (Å²) in [6.45, 7) is 0. The van der Waals surface area contributed by atoms with Crippen LogP contribution >= 0.6 is 0 Å². The first-order valence-corrected chi connectivity index (χ1v) is 14.8. The van der Waals surface area contributed by atoms with Crippen LogP contribution in [0.1, 0.15) is 43.9 Å². The smallest absolute Gasteiger partial charge is 0.0616 e. The van der Waals surface area contributed by atoms with Gasteiger partial charge in [0.25, 0.3) is 0 Å². The van der Waals surface area contributed by atoms with E-state index < -0.39 is 292 Å². The topological polar surface area (TPSA) is 0 Å². The Labute approximate surface area is 336 Å². The van der Waals surface area contributed by atoms with Crippen molar-refractivity contribution in [3.8, 4) is 44.5 Å². The van der Waals surface area contributed by atoms with Crippen molar-refractivity contribution in [1.82, 2.24) is 0 Å². The van der Waals surface area contributed by atoms with Crippen molar-refractivity contribution in [1.29, 1.82) is 0 Å². The van der Waals surface area contributed by atoms with Crippen LogP contribution in [0.2, 0.25) is 0 Å². The molecule has 10 aromatic carbocycles. The zero-order chi connectivity index (χ0) is 60.9. The van der Waals surface area contributed by atoms with Crippen molar-refractivity contribution < 1.29 is 43.9 Å². The summed E-state index contributed by atoms with van der Waals surface area (Å²) in [6.07, 6.45) is 0. The fraction of sp³-hybridized carbons (Fsp3) is 0. The van der Waals surface area contributed by atoms with Gasteiger partial charge in [0.2, 0.25) is 0 Å². The summed E-state index contributed by atoms with van der Waals surface area (Å²) in [7, 11) is 0. The van der Waals surface area contributed by atoms with Crippen LogP contribution in [0.4, 0.5) is 0 Å². The Balaban J connectivity index is 1.60. The third kappa shape index (κ3) is 4.61. The van der Waals surface area contributed by atoms with Crippen LogP contribution in [-0.2, 0) is 0 Å². The molecule has 0 aliphatic rings. The second kappa shape index (κ2) is 11.6. The Morgan fingerprint density at radius 2 is 0.740 bits per heavy atom. The van der Waals surface area contributed by atoms with E-state index in [0.717, 1.165) is 0 Å². The molecule has 10 aromatic rings. The van der Waals surface area contributed by atoms with Gasteiger partial charge in [-0.15, -0.1) is 0 Å². The average molecular weight is 665 g/mol. The number of benzene rings is 10. The summed E-state index contributed by atoms with van der Waals surface area (Å²) < 4.78 is 292. The van der Waals surface area contributed by atoms with Gasteiger partial charge >= 0.3 is 0 Å². The normalized spacial score (nSPS) is 20.6. The van der Waals surface area contributed by atoms with Crippen molar-refractivity contribution in [3.05, 3.63) is 193 Å².